The van der Waals surface area contributed by atoms with Crippen molar-refractivity contribution in [3.05, 3.63) is 48.0 Å². The molecule has 0 aliphatic carbocycles. The zero-order chi connectivity index (χ0) is 21.1. The fourth-order valence-electron chi connectivity index (χ4n) is 2.58. The normalized spacial score (nSPS) is 11.4. The highest BCUT2D eigenvalue weighted by Crippen LogP contribution is 2.28. The maximum absolute atomic E-state index is 13.0. The van der Waals surface area contributed by atoms with E-state index in [-0.39, 0.29) is 56.0 Å². The van der Waals surface area contributed by atoms with Crippen molar-refractivity contribution in [1.29, 1.82) is 0 Å². The molecule has 0 saturated heterocycles. The number of aliphatic hydroxyl groups excluding tert-OH is 3. The summed E-state index contributed by atoms with van der Waals surface area (Å²) in [4.78, 5) is 0.218. The summed E-state index contributed by atoms with van der Waals surface area (Å²) in [6.07, 6.45) is 0.387. The van der Waals surface area contributed by atoms with Crippen LogP contribution in [0.1, 0.15) is 5.56 Å². The van der Waals surface area contributed by atoms with Gasteiger partial charge in [0.15, 0.2) is 0 Å². The van der Waals surface area contributed by atoms with Gasteiger partial charge in [-0.05, 0) is 54.4 Å². The molecule has 0 amide bonds. The molecular formula is C20H26O8S. The van der Waals surface area contributed by atoms with E-state index in [1.165, 1.54) is 36.4 Å². The van der Waals surface area contributed by atoms with Gasteiger partial charge in [-0.1, -0.05) is 0 Å². The summed E-state index contributed by atoms with van der Waals surface area (Å²) in [6.45, 7) is 0.308. The zero-order valence-electron chi connectivity index (χ0n) is 16.0. The number of ether oxygens (including phenoxy) is 3. The van der Waals surface area contributed by atoms with E-state index in [2.05, 4.69) is 0 Å². The summed E-state index contributed by atoms with van der Waals surface area (Å²) < 4.78 is 42.0. The molecule has 0 aliphatic rings. The van der Waals surface area contributed by atoms with E-state index in [1.807, 2.05) is 0 Å². The van der Waals surface area contributed by atoms with Crippen molar-refractivity contribution in [3.8, 4) is 11.5 Å². The molecule has 0 radical (unpaired) electrons. The fraction of sp³-hybridized carbons (Fsp3) is 0.400. The molecule has 0 saturated carbocycles. The standard InChI is InChI=1S/C20H26O8S/c21-8-12-26-11-7-16-15-19(5-6-20(16)28-14-10-23)29(24,25)18-3-1-17(2-4-18)27-13-9-22/h1-6,15,21-23H,7-14H2. The third kappa shape index (κ3) is 6.69. The van der Waals surface area contributed by atoms with E-state index in [1.54, 1.807) is 6.07 Å². The van der Waals surface area contributed by atoms with Crippen molar-refractivity contribution in [2.24, 2.45) is 0 Å². The molecule has 9 heteroatoms. The molecule has 3 N–H and O–H groups in total. The van der Waals surface area contributed by atoms with Crippen LogP contribution in [0.25, 0.3) is 0 Å². The molecule has 0 aromatic heterocycles. The lowest BCUT2D eigenvalue weighted by Crippen LogP contribution is -2.09. The first-order valence-electron chi connectivity index (χ1n) is 9.17. The van der Waals surface area contributed by atoms with Crippen LogP contribution >= 0.6 is 0 Å². The molecule has 0 bridgehead atoms. The molecule has 160 valence electrons. The zero-order valence-corrected chi connectivity index (χ0v) is 16.8. The third-order valence-corrected chi connectivity index (χ3v) is 5.70. The van der Waals surface area contributed by atoms with Gasteiger partial charge in [-0.25, -0.2) is 8.42 Å². The average molecular weight is 426 g/mol. The average Bonchev–Trinajstić information content (AvgIpc) is 2.74. The van der Waals surface area contributed by atoms with E-state index in [0.717, 1.165) is 0 Å². The highest BCUT2D eigenvalue weighted by atomic mass is 32.2. The number of hydrogen-bond acceptors (Lipinski definition) is 8. The van der Waals surface area contributed by atoms with E-state index < -0.39 is 9.84 Å². The molecule has 2 rings (SSSR count). The van der Waals surface area contributed by atoms with Crippen LogP contribution in [0.3, 0.4) is 0 Å². The highest BCUT2D eigenvalue weighted by Gasteiger charge is 2.20. The minimum Gasteiger partial charge on any atom is -0.491 e. The molecule has 29 heavy (non-hydrogen) atoms. The van der Waals surface area contributed by atoms with Gasteiger partial charge in [0.2, 0.25) is 9.84 Å². The Labute approximate surface area is 170 Å². The second kappa shape index (κ2) is 11.7. The molecule has 8 nitrogen and oxygen atoms in total. The predicted octanol–water partition coefficient (Wildman–Crippen LogP) is 0.813. The minimum atomic E-state index is -3.76. The smallest absolute Gasteiger partial charge is 0.206 e. The summed E-state index contributed by atoms with van der Waals surface area (Å²) in [6, 6.07) is 10.5. The molecule has 0 atom stereocenters. The van der Waals surface area contributed by atoms with Gasteiger partial charge in [0.1, 0.15) is 24.7 Å². The van der Waals surface area contributed by atoms with E-state index in [0.29, 0.717) is 23.5 Å². The Morgan fingerprint density at radius 1 is 0.724 bits per heavy atom. The van der Waals surface area contributed by atoms with Crippen LogP contribution in [0.2, 0.25) is 0 Å². The van der Waals surface area contributed by atoms with Gasteiger partial charge >= 0.3 is 0 Å². The van der Waals surface area contributed by atoms with Gasteiger partial charge in [-0.3, -0.25) is 0 Å². The maximum Gasteiger partial charge on any atom is 0.206 e. The van der Waals surface area contributed by atoms with E-state index >= 15 is 0 Å². The first-order chi connectivity index (χ1) is 14.0. The Morgan fingerprint density at radius 2 is 1.34 bits per heavy atom. The largest absolute Gasteiger partial charge is 0.491 e. The Balaban J connectivity index is 2.26. The third-order valence-electron chi connectivity index (χ3n) is 3.94. The molecule has 2 aromatic carbocycles. The summed E-state index contributed by atoms with van der Waals surface area (Å²) in [5, 5.41) is 26.6. The van der Waals surface area contributed by atoms with Crippen molar-refractivity contribution in [1.82, 2.24) is 0 Å². The lowest BCUT2D eigenvalue weighted by atomic mass is 10.1. The lowest BCUT2D eigenvalue weighted by Gasteiger charge is -2.13. The Hall–Kier alpha value is -2.17. The number of benzene rings is 2. The van der Waals surface area contributed by atoms with E-state index in [4.69, 9.17) is 29.5 Å². The molecule has 2 aromatic rings. The lowest BCUT2D eigenvalue weighted by molar-refractivity contribution is 0.0939. The van der Waals surface area contributed by atoms with Gasteiger partial charge in [-0.2, -0.15) is 0 Å². The van der Waals surface area contributed by atoms with Crippen LogP contribution in [-0.4, -0.2) is 70.0 Å². The Bertz CT molecular complexity index is 849. The fourth-order valence-corrected chi connectivity index (χ4v) is 3.89. The van der Waals surface area contributed by atoms with Gasteiger partial charge < -0.3 is 29.5 Å². The first-order valence-corrected chi connectivity index (χ1v) is 10.6. The van der Waals surface area contributed by atoms with Crippen LogP contribution in [0.4, 0.5) is 0 Å². The van der Waals surface area contributed by atoms with Gasteiger partial charge in [0.05, 0.1) is 42.8 Å². The first kappa shape index (κ1) is 23.1. The second-order valence-electron chi connectivity index (χ2n) is 5.97. The van der Waals surface area contributed by atoms with Crippen molar-refractivity contribution >= 4 is 9.84 Å². The minimum absolute atomic E-state index is 0.0892. The van der Waals surface area contributed by atoms with Crippen LogP contribution in [-0.2, 0) is 21.0 Å². The van der Waals surface area contributed by atoms with Crippen LogP contribution in [0.15, 0.2) is 52.3 Å². The summed E-state index contributed by atoms with van der Waals surface area (Å²) >= 11 is 0. The molecule has 0 fully saturated rings. The topological polar surface area (TPSA) is 123 Å². The number of sulfone groups is 1. The summed E-state index contributed by atoms with van der Waals surface area (Å²) in [7, 11) is -3.76. The quantitative estimate of drug-likeness (QED) is 0.402. The summed E-state index contributed by atoms with van der Waals surface area (Å²) in [5.74, 6) is 0.936. The molecule has 0 aliphatic heterocycles. The molecule has 0 unspecified atom stereocenters. The van der Waals surface area contributed by atoms with Gasteiger partial charge in [0.25, 0.3) is 0 Å². The molecular weight excluding hydrogens is 400 g/mol. The predicted molar refractivity (Wildman–Crippen MR) is 105 cm³/mol. The van der Waals surface area contributed by atoms with Crippen molar-refractivity contribution in [2.45, 2.75) is 16.2 Å². The second-order valence-corrected chi connectivity index (χ2v) is 7.92. The van der Waals surface area contributed by atoms with Gasteiger partial charge in [0, 0.05) is 0 Å². The van der Waals surface area contributed by atoms with Crippen LogP contribution in [0.5, 0.6) is 11.5 Å². The Morgan fingerprint density at radius 3 is 2.00 bits per heavy atom. The number of hydrogen-bond donors (Lipinski definition) is 3. The van der Waals surface area contributed by atoms with Crippen molar-refractivity contribution in [3.63, 3.8) is 0 Å². The van der Waals surface area contributed by atoms with Gasteiger partial charge in [-0.15, -0.1) is 0 Å². The highest BCUT2D eigenvalue weighted by molar-refractivity contribution is 7.91. The molecule has 0 heterocycles. The van der Waals surface area contributed by atoms with Crippen molar-refractivity contribution in [2.75, 3.05) is 46.2 Å². The number of aliphatic hydroxyl groups is 3. The van der Waals surface area contributed by atoms with Crippen LogP contribution < -0.4 is 9.47 Å². The van der Waals surface area contributed by atoms with Crippen molar-refractivity contribution < 1.29 is 37.9 Å². The number of rotatable bonds is 13. The maximum atomic E-state index is 13.0. The molecule has 0 spiro atoms. The SMILES string of the molecule is O=S(=O)(c1ccc(OCCO)cc1)c1ccc(OCCO)c(CCOCCO)c1. The summed E-state index contributed by atoms with van der Waals surface area (Å²) in [5.41, 5.74) is 0.625. The monoisotopic (exact) mass is 426 g/mol. The Kier molecular flexibility index (Phi) is 9.36. The van der Waals surface area contributed by atoms with E-state index in [9.17, 15) is 8.42 Å². The van der Waals surface area contributed by atoms with Crippen LogP contribution in [0, 0.1) is 0 Å².